The topological polar surface area (TPSA) is 69.6 Å². The number of thiophene rings is 1. The second kappa shape index (κ2) is 7.06. The number of nitrogens with one attached hydrogen (secondary N) is 1. The zero-order valence-corrected chi connectivity index (χ0v) is 13.9. The van der Waals surface area contributed by atoms with Crippen LogP contribution in [0.1, 0.15) is 16.7 Å². The second-order valence-electron chi connectivity index (χ2n) is 4.86. The minimum absolute atomic E-state index is 0.225. The first-order valence-corrected chi connectivity index (χ1v) is 8.10. The summed E-state index contributed by atoms with van der Waals surface area (Å²) in [6, 6.07) is 6.62. The number of aryl methyl sites for hydroxylation is 1. The second-order valence-corrected chi connectivity index (χ2v) is 7.15. The first kappa shape index (κ1) is 16.0. The fraction of sp³-hybridized carbons (Fsp3) is 0.267. The van der Waals surface area contributed by atoms with Gasteiger partial charge in [-0.3, -0.25) is 4.79 Å². The Labute approximate surface area is 135 Å². The van der Waals surface area contributed by atoms with Crippen LogP contribution >= 0.6 is 27.3 Å². The van der Waals surface area contributed by atoms with Gasteiger partial charge in [-0.15, -0.1) is 11.3 Å². The number of carboxylic acid groups (broad SMARTS) is 1. The maximum absolute atomic E-state index is 11.3. The summed E-state index contributed by atoms with van der Waals surface area (Å²) in [7, 11) is 0. The molecule has 3 N–H and O–H groups in total. The Morgan fingerprint density at radius 3 is 2.71 bits per heavy atom. The van der Waals surface area contributed by atoms with Gasteiger partial charge in [0.05, 0.1) is 3.79 Å². The van der Waals surface area contributed by atoms with Crippen molar-refractivity contribution in [2.75, 3.05) is 0 Å². The number of carbonyl (C=O) groups is 1. The number of halogens is 1. The molecule has 0 saturated carbocycles. The Hall–Kier alpha value is -1.37. The van der Waals surface area contributed by atoms with Crippen LogP contribution in [0.5, 0.6) is 5.75 Å². The van der Waals surface area contributed by atoms with E-state index < -0.39 is 12.0 Å². The van der Waals surface area contributed by atoms with Crippen molar-refractivity contribution in [3.8, 4) is 5.75 Å². The Morgan fingerprint density at radius 2 is 2.14 bits per heavy atom. The molecular formula is C15H16BrNO3S. The van der Waals surface area contributed by atoms with Crippen molar-refractivity contribution in [1.29, 1.82) is 0 Å². The van der Waals surface area contributed by atoms with Crippen LogP contribution in [0.15, 0.2) is 33.4 Å². The fourth-order valence-corrected chi connectivity index (χ4v) is 3.16. The molecule has 0 bridgehead atoms. The van der Waals surface area contributed by atoms with E-state index in [4.69, 9.17) is 0 Å². The fourth-order valence-electron chi connectivity index (χ4n) is 1.94. The van der Waals surface area contributed by atoms with Gasteiger partial charge in [0, 0.05) is 6.54 Å². The molecule has 0 spiro atoms. The molecule has 1 aromatic heterocycles. The zero-order chi connectivity index (χ0) is 15.4. The molecule has 0 fully saturated rings. The Bertz CT molecular complexity index is 642. The number of hydrogen-bond acceptors (Lipinski definition) is 4. The van der Waals surface area contributed by atoms with E-state index in [-0.39, 0.29) is 5.75 Å². The van der Waals surface area contributed by atoms with Crippen LogP contribution < -0.4 is 5.32 Å². The van der Waals surface area contributed by atoms with Gasteiger partial charge in [-0.25, -0.2) is 0 Å². The number of hydrogen-bond donors (Lipinski definition) is 3. The van der Waals surface area contributed by atoms with Crippen LogP contribution in [0.3, 0.4) is 0 Å². The van der Waals surface area contributed by atoms with Gasteiger partial charge in [0.15, 0.2) is 0 Å². The summed E-state index contributed by atoms with van der Waals surface area (Å²) in [6.45, 7) is 2.22. The predicted octanol–water partition coefficient (Wildman–Crippen LogP) is 3.31. The molecule has 0 unspecified atom stereocenters. The summed E-state index contributed by atoms with van der Waals surface area (Å²) in [5.41, 5.74) is 2.64. The highest BCUT2D eigenvalue weighted by Gasteiger charge is 2.18. The van der Waals surface area contributed by atoms with Gasteiger partial charge in [0.25, 0.3) is 0 Å². The van der Waals surface area contributed by atoms with Gasteiger partial charge < -0.3 is 15.5 Å². The summed E-state index contributed by atoms with van der Waals surface area (Å²) >= 11 is 4.91. The number of phenols is 1. The van der Waals surface area contributed by atoms with Gasteiger partial charge in [-0.2, -0.15) is 0 Å². The highest BCUT2D eigenvalue weighted by atomic mass is 79.9. The largest absolute Gasteiger partial charge is 0.508 e. The lowest BCUT2D eigenvalue weighted by Gasteiger charge is -2.14. The van der Waals surface area contributed by atoms with E-state index >= 15 is 0 Å². The van der Waals surface area contributed by atoms with Crippen LogP contribution in [0.2, 0.25) is 0 Å². The third-order valence-electron chi connectivity index (χ3n) is 3.19. The Kier molecular flexibility index (Phi) is 5.39. The molecule has 2 aromatic rings. The number of rotatable bonds is 6. The monoisotopic (exact) mass is 369 g/mol. The lowest BCUT2D eigenvalue weighted by molar-refractivity contribution is -0.139. The van der Waals surface area contributed by atoms with E-state index in [2.05, 4.69) is 21.2 Å². The van der Waals surface area contributed by atoms with Crippen LogP contribution in [-0.2, 0) is 17.8 Å². The third kappa shape index (κ3) is 4.56. The summed E-state index contributed by atoms with van der Waals surface area (Å²) < 4.78 is 0.991. The standard InChI is InChI=1S/C15H16BrNO3S/c1-9-2-3-10(5-13(9)18)7-17-12(15(19)20)4-11-6-14(16)21-8-11/h2-3,5-6,8,12,17-18H,4,7H2,1H3,(H,19,20)/t12-/m0/s1. The summed E-state index contributed by atoms with van der Waals surface area (Å²) in [5, 5.41) is 23.9. The van der Waals surface area contributed by atoms with Gasteiger partial charge in [0.2, 0.25) is 0 Å². The lowest BCUT2D eigenvalue weighted by atomic mass is 10.1. The zero-order valence-electron chi connectivity index (χ0n) is 11.5. The molecule has 1 atom stereocenters. The van der Waals surface area contributed by atoms with Crippen molar-refractivity contribution in [3.05, 3.63) is 50.1 Å². The Morgan fingerprint density at radius 1 is 1.38 bits per heavy atom. The SMILES string of the molecule is Cc1ccc(CN[C@@H](Cc2csc(Br)c2)C(=O)O)cc1O. The van der Waals surface area contributed by atoms with Crippen molar-refractivity contribution in [2.45, 2.75) is 25.9 Å². The van der Waals surface area contributed by atoms with Gasteiger partial charge >= 0.3 is 5.97 Å². The number of carboxylic acids is 1. The molecule has 0 saturated heterocycles. The smallest absolute Gasteiger partial charge is 0.321 e. The summed E-state index contributed by atoms with van der Waals surface area (Å²) in [4.78, 5) is 11.3. The highest BCUT2D eigenvalue weighted by Crippen LogP contribution is 2.22. The average molecular weight is 370 g/mol. The van der Waals surface area contributed by atoms with Crippen LogP contribution in [0.25, 0.3) is 0 Å². The predicted molar refractivity (Wildman–Crippen MR) is 86.8 cm³/mol. The normalized spacial score (nSPS) is 12.3. The van der Waals surface area contributed by atoms with Gasteiger partial charge in [-0.05, 0) is 63.5 Å². The van der Waals surface area contributed by atoms with E-state index in [1.807, 2.05) is 30.5 Å². The number of aromatic hydroxyl groups is 1. The first-order valence-electron chi connectivity index (χ1n) is 6.43. The maximum Gasteiger partial charge on any atom is 0.321 e. The molecule has 1 heterocycles. The van der Waals surface area contributed by atoms with E-state index in [1.54, 1.807) is 6.07 Å². The van der Waals surface area contributed by atoms with Crippen molar-refractivity contribution in [2.24, 2.45) is 0 Å². The van der Waals surface area contributed by atoms with E-state index in [0.29, 0.717) is 13.0 Å². The number of benzene rings is 1. The van der Waals surface area contributed by atoms with Crippen LogP contribution in [0.4, 0.5) is 0 Å². The third-order valence-corrected chi connectivity index (χ3v) is 4.74. The summed E-state index contributed by atoms with van der Waals surface area (Å²) in [5.74, 6) is -0.656. The average Bonchev–Trinajstić information content (AvgIpc) is 2.83. The maximum atomic E-state index is 11.3. The number of aliphatic carboxylic acids is 1. The highest BCUT2D eigenvalue weighted by molar-refractivity contribution is 9.11. The van der Waals surface area contributed by atoms with E-state index in [0.717, 1.165) is 20.5 Å². The molecule has 0 aliphatic carbocycles. The minimum atomic E-state index is -0.881. The molecular weight excluding hydrogens is 354 g/mol. The summed E-state index contributed by atoms with van der Waals surface area (Å²) in [6.07, 6.45) is 0.426. The molecule has 4 nitrogen and oxygen atoms in total. The lowest BCUT2D eigenvalue weighted by Crippen LogP contribution is -2.37. The van der Waals surface area contributed by atoms with E-state index in [1.165, 1.54) is 11.3 Å². The van der Waals surface area contributed by atoms with Crippen LogP contribution in [-0.4, -0.2) is 22.2 Å². The van der Waals surface area contributed by atoms with Crippen molar-refractivity contribution in [3.63, 3.8) is 0 Å². The molecule has 1 aromatic carbocycles. The molecule has 0 aliphatic heterocycles. The number of phenolic OH excluding ortho intramolecular Hbond substituents is 1. The van der Waals surface area contributed by atoms with Crippen molar-refractivity contribution in [1.82, 2.24) is 5.32 Å². The molecule has 21 heavy (non-hydrogen) atoms. The van der Waals surface area contributed by atoms with Crippen LogP contribution in [0, 0.1) is 6.92 Å². The van der Waals surface area contributed by atoms with Gasteiger partial charge in [0.1, 0.15) is 11.8 Å². The molecule has 6 heteroatoms. The Balaban J connectivity index is 1.99. The molecule has 0 radical (unpaired) electrons. The quantitative estimate of drug-likeness (QED) is 0.730. The molecule has 0 aliphatic rings. The minimum Gasteiger partial charge on any atom is -0.508 e. The first-order chi connectivity index (χ1) is 9.95. The van der Waals surface area contributed by atoms with Crippen molar-refractivity contribution < 1.29 is 15.0 Å². The molecule has 112 valence electrons. The van der Waals surface area contributed by atoms with Crippen molar-refractivity contribution >= 4 is 33.2 Å². The van der Waals surface area contributed by atoms with E-state index in [9.17, 15) is 15.0 Å². The van der Waals surface area contributed by atoms with Gasteiger partial charge in [-0.1, -0.05) is 12.1 Å². The molecule has 0 amide bonds. The molecule has 2 rings (SSSR count).